The molecule has 0 radical (unpaired) electrons. The summed E-state index contributed by atoms with van der Waals surface area (Å²) >= 11 is 1.49. The van der Waals surface area contributed by atoms with E-state index in [-0.39, 0.29) is 24.2 Å². The maximum absolute atomic E-state index is 11.9. The molecule has 1 aliphatic rings. The van der Waals surface area contributed by atoms with Gasteiger partial charge >= 0.3 is 0 Å². The molecule has 1 aromatic heterocycles. The molecule has 0 saturated carbocycles. The monoisotopic (exact) mass is 247 g/mol. The SMILES string of the molecule is CN(C(=O)[C@@H]1CCNC1)c1nccs1.Cl. The van der Waals surface area contributed by atoms with E-state index in [0.29, 0.717) is 0 Å². The molecule has 6 heteroatoms. The van der Waals surface area contributed by atoms with Gasteiger partial charge in [-0.1, -0.05) is 0 Å². The van der Waals surface area contributed by atoms with Crippen molar-refractivity contribution in [1.29, 1.82) is 0 Å². The van der Waals surface area contributed by atoms with Crippen molar-refractivity contribution < 1.29 is 4.79 Å². The molecular formula is C9H14ClN3OS. The standard InChI is InChI=1S/C9H13N3OS.ClH/c1-12(9-11-4-5-14-9)8(13)7-2-3-10-6-7;/h4-5,7,10H,2-3,6H2,1H3;1H/t7-;/m1./s1. The van der Waals surface area contributed by atoms with Crippen LogP contribution in [0.3, 0.4) is 0 Å². The van der Waals surface area contributed by atoms with Crippen LogP contribution in [-0.4, -0.2) is 31.0 Å². The van der Waals surface area contributed by atoms with E-state index >= 15 is 0 Å². The lowest BCUT2D eigenvalue weighted by Crippen LogP contribution is -2.33. The normalized spacial score (nSPS) is 19.7. The molecule has 1 aromatic rings. The second-order valence-electron chi connectivity index (χ2n) is 3.40. The van der Waals surface area contributed by atoms with Crippen molar-refractivity contribution in [1.82, 2.24) is 10.3 Å². The van der Waals surface area contributed by atoms with Gasteiger partial charge in [0, 0.05) is 25.2 Å². The predicted molar refractivity (Wildman–Crippen MR) is 63.7 cm³/mol. The molecule has 1 amide bonds. The summed E-state index contributed by atoms with van der Waals surface area (Å²) in [7, 11) is 1.79. The third kappa shape index (κ3) is 2.68. The van der Waals surface area contributed by atoms with Gasteiger partial charge in [0.1, 0.15) is 0 Å². The minimum atomic E-state index is 0. The predicted octanol–water partition coefficient (Wildman–Crippen LogP) is 1.14. The second kappa shape index (κ2) is 5.44. The van der Waals surface area contributed by atoms with Gasteiger partial charge in [0.25, 0.3) is 0 Å². The van der Waals surface area contributed by atoms with Gasteiger partial charge in [0.15, 0.2) is 5.13 Å². The summed E-state index contributed by atoms with van der Waals surface area (Å²) in [5, 5.41) is 5.85. The van der Waals surface area contributed by atoms with Crippen LogP contribution in [0.1, 0.15) is 6.42 Å². The van der Waals surface area contributed by atoms with E-state index in [4.69, 9.17) is 0 Å². The highest BCUT2D eigenvalue weighted by molar-refractivity contribution is 7.13. The van der Waals surface area contributed by atoms with E-state index in [1.54, 1.807) is 18.1 Å². The van der Waals surface area contributed by atoms with Crippen LogP contribution in [0.25, 0.3) is 0 Å². The number of amides is 1. The summed E-state index contributed by atoms with van der Waals surface area (Å²) in [6.45, 7) is 1.75. The van der Waals surface area contributed by atoms with Gasteiger partial charge in [-0.25, -0.2) is 4.98 Å². The fraction of sp³-hybridized carbons (Fsp3) is 0.556. The summed E-state index contributed by atoms with van der Waals surface area (Å²) in [5.74, 6) is 0.300. The Hall–Kier alpha value is -0.650. The molecule has 1 aliphatic heterocycles. The number of halogens is 1. The third-order valence-corrected chi connectivity index (χ3v) is 3.29. The number of aromatic nitrogens is 1. The summed E-state index contributed by atoms with van der Waals surface area (Å²) in [5.41, 5.74) is 0. The van der Waals surface area contributed by atoms with Gasteiger partial charge in [-0.2, -0.15) is 0 Å². The Kier molecular flexibility index (Phi) is 4.50. The van der Waals surface area contributed by atoms with Crippen molar-refractivity contribution in [3.05, 3.63) is 11.6 Å². The number of rotatable bonds is 2. The Morgan fingerprint density at radius 3 is 3.07 bits per heavy atom. The molecule has 84 valence electrons. The van der Waals surface area contributed by atoms with Crippen molar-refractivity contribution in [3.8, 4) is 0 Å². The second-order valence-corrected chi connectivity index (χ2v) is 4.27. The van der Waals surface area contributed by atoms with Gasteiger partial charge in [-0.15, -0.1) is 23.7 Å². The first kappa shape index (κ1) is 12.4. The van der Waals surface area contributed by atoms with Crippen molar-refractivity contribution in [2.24, 2.45) is 5.92 Å². The number of hydrogen-bond donors (Lipinski definition) is 1. The Bertz CT molecular complexity index is 311. The highest BCUT2D eigenvalue weighted by Gasteiger charge is 2.26. The number of nitrogens with zero attached hydrogens (tertiary/aromatic N) is 2. The molecule has 15 heavy (non-hydrogen) atoms. The van der Waals surface area contributed by atoms with E-state index in [2.05, 4.69) is 10.3 Å². The lowest BCUT2D eigenvalue weighted by Gasteiger charge is -2.17. The van der Waals surface area contributed by atoms with E-state index < -0.39 is 0 Å². The zero-order chi connectivity index (χ0) is 9.97. The first-order chi connectivity index (χ1) is 6.79. The van der Waals surface area contributed by atoms with E-state index in [1.807, 2.05) is 5.38 Å². The molecule has 0 spiro atoms. The lowest BCUT2D eigenvalue weighted by molar-refractivity contribution is -0.121. The molecule has 0 aromatic carbocycles. The van der Waals surface area contributed by atoms with Crippen molar-refractivity contribution >= 4 is 34.8 Å². The maximum atomic E-state index is 11.9. The topological polar surface area (TPSA) is 45.2 Å². The average molecular weight is 248 g/mol. The van der Waals surface area contributed by atoms with E-state index in [1.165, 1.54) is 11.3 Å². The Morgan fingerprint density at radius 2 is 2.53 bits per heavy atom. The fourth-order valence-electron chi connectivity index (χ4n) is 1.62. The van der Waals surface area contributed by atoms with E-state index in [0.717, 1.165) is 24.6 Å². The molecule has 0 bridgehead atoms. The number of thiazole rings is 1. The van der Waals surface area contributed by atoms with Gasteiger partial charge in [-0.05, 0) is 13.0 Å². The number of carbonyl (C=O) groups is 1. The lowest BCUT2D eigenvalue weighted by atomic mass is 10.1. The smallest absolute Gasteiger partial charge is 0.232 e. The zero-order valence-corrected chi connectivity index (χ0v) is 10.1. The molecule has 0 unspecified atom stereocenters. The molecule has 1 fully saturated rings. The van der Waals surface area contributed by atoms with Gasteiger partial charge in [0.05, 0.1) is 5.92 Å². The third-order valence-electron chi connectivity index (χ3n) is 2.45. The molecule has 1 N–H and O–H groups in total. The number of carbonyl (C=O) groups excluding carboxylic acids is 1. The number of hydrogen-bond acceptors (Lipinski definition) is 4. The average Bonchev–Trinajstić information content (AvgIpc) is 2.87. The molecular weight excluding hydrogens is 234 g/mol. The Balaban J connectivity index is 0.00000112. The summed E-state index contributed by atoms with van der Waals surface area (Å²) < 4.78 is 0. The summed E-state index contributed by atoms with van der Waals surface area (Å²) in [4.78, 5) is 17.7. The van der Waals surface area contributed by atoms with Crippen molar-refractivity contribution in [2.45, 2.75) is 6.42 Å². The van der Waals surface area contributed by atoms with E-state index in [9.17, 15) is 4.79 Å². The molecule has 1 atom stereocenters. The van der Waals surface area contributed by atoms with Crippen LogP contribution in [-0.2, 0) is 4.79 Å². The first-order valence-electron chi connectivity index (χ1n) is 4.67. The van der Waals surface area contributed by atoms with Gasteiger partial charge in [0.2, 0.25) is 5.91 Å². The number of anilines is 1. The fourth-order valence-corrected chi connectivity index (χ4v) is 2.23. The quantitative estimate of drug-likeness (QED) is 0.853. The van der Waals surface area contributed by atoms with Crippen molar-refractivity contribution in [3.63, 3.8) is 0 Å². The highest BCUT2D eigenvalue weighted by atomic mass is 35.5. The van der Waals surface area contributed by atoms with Gasteiger partial charge < -0.3 is 5.32 Å². The molecule has 4 nitrogen and oxygen atoms in total. The Labute approximate surface area is 99.1 Å². The van der Waals surface area contributed by atoms with Crippen LogP contribution < -0.4 is 10.2 Å². The molecule has 0 aliphatic carbocycles. The first-order valence-corrected chi connectivity index (χ1v) is 5.55. The number of nitrogens with one attached hydrogen (secondary N) is 1. The van der Waals surface area contributed by atoms with Crippen molar-refractivity contribution in [2.75, 3.05) is 25.0 Å². The minimum absolute atomic E-state index is 0. The zero-order valence-electron chi connectivity index (χ0n) is 8.47. The minimum Gasteiger partial charge on any atom is -0.316 e. The molecule has 2 heterocycles. The van der Waals surface area contributed by atoms with Gasteiger partial charge in [-0.3, -0.25) is 9.69 Å². The highest BCUT2D eigenvalue weighted by Crippen LogP contribution is 2.19. The summed E-state index contributed by atoms with van der Waals surface area (Å²) in [6.07, 6.45) is 2.66. The van der Waals surface area contributed by atoms with Crippen LogP contribution in [0.15, 0.2) is 11.6 Å². The largest absolute Gasteiger partial charge is 0.316 e. The van der Waals surface area contributed by atoms with Crippen LogP contribution in [0.4, 0.5) is 5.13 Å². The summed E-state index contributed by atoms with van der Waals surface area (Å²) in [6, 6.07) is 0. The van der Waals surface area contributed by atoms with Crippen LogP contribution in [0.2, 0.25) is 0 Å². The molecule has 1 saturated heterocycles. The van der Waals surface area contributed by atoms with Crippen LogP contribution in [0.5, 0.6) is 0 Å². The van der Waals surface area contributed by atoms with Crippen LogP contribution >= 0.6 is 23.7 Å². The maximum Gasteiger partial charge on any atom is 0.232 e. The van der Waals surface area contributed by atoms with Crippen LogP contribution in [0, 0.1) is 5.92 Å². The molecule has 2 rings (SSSR count). The Morgan fingerprint density at radius 1 is 1.73 bits per heavy atom.